The predicted octanol–water partition coefficient (Wildman–Crippen LogP) is -3.45. The van der Waals surface area contributed by atoms with E-state index in [1.807, 2.05) is 0 Å². The first-order chi connectivity index (χ1) is 3.35. The first kappa shape index (κ1) is 22.6. The summed E-state index contributed by atoms with van der Waals surface area (Å²) in [6.45, 7) is 6.97. The van der Waals surface area contributed by atoms with E-state index in [1.165, 1.54) is 15.8 Å². The van der Waals surface area contributed by atoms with Crippen LogP contribution in [0.2, 0.25) is 15.8 Å². The van der Waals surface area contributed by atoms with Crippen LogP contribution in [0.3, 0.4) is 0 Å². The van der Waals surface area contributed by atoms with Gasteiger partial charge in [-0.05, 0) is 0 Å². The van der Waals surface area contributed by atoms with Gasteiger partial charge in [0.05, 0.1) is 0 Å². The minimum absolute atomic E-state index is 0. The second-order valence-corrected chi connectivity index (χ2v) is 6.27. The second-order valence-electron chi connectivity index (χ2n) is 2.09. The molecule has 0 radical (unpaired) electrons. The van der Waals surface area contributed by atoms with Crippen LogP contribution in [0.25, 0.3) is 0 Å². The van der Waals surface area contributed by atoms with Crippen LogP contribution in [0.4, 0.5) is 0 Å². The molecular formula is C6H15AlCl2Fe. The van der Waals surface area contributed by atoms with Crippen molar-refractivity contribution in [3.8, 4) is 0 Å². The molecule has 0 unspecified atom stereocenters. The number of halogens is 2. The zero-order valence-corrected chi connectivity index (χ0v) is 10.6. The first-order valence-corrected chi connectivity index (χ1v) is 5.80. The molecule has 0 fully saturated rings. The predicted molar refractivity (Wildman–Crippen MR) is 37.2 cm³/mol. The molecule has 4 heteroatoms. The van der Waals surface area contributed by atoms with Gasteiger partial charge in [0.15, 0.2) is 0 Å². The van der Waals surface area contributed by atoms with Crippen LogP contribution in [0.1, 0.15) is 20.8 Å². The Kier molecular flexibility index (Phi) is 38.2. The maximum absolute atomic E-state index is 2.32. The van der Waals surface area contributed by atoms with Crippen LogP contribution in [-0.2, 0) is 17.1 Å². The van der Waals surface area contributed by atoms with Gasteiger partial charge in [-0.1, -0.05) is 36.6 Å². The topological polar surface area (TPSA) is 0 Å². The zero-order chi connectivity index (χ0) is 5.70. The first-order valence-electron chi connectivity index (χ1n) is 3.35. The Bertz CT molecular complexity index is 37.2. The number of hydrogen-bond acceptors (Lipinski definition) is 0. The van der Waals surface area contributed by atoms with Crippen molar-refractivity contribution in [3.63, 3.8) is 0 Å². The molecule has 0 N–H and O–H groups in total. The molecule has 0 aromatic carbocycles. The fourth-order valence-electron chi connectivity index (χ4n) is 0.866. The summed E-state index contributed by atoms with van der Waals surface area (Å²) in [4.78, 5) is 0. The Labute approximate surface area is 92.2 Å². The van der Waals surface area contributed by atoms with Crippen molar-refractivity contribution >= 4 is 14.1 Å². The van der Waals surface area contributed by atoms with Crippen LogP contribution in [0.15, 0.2) is 0 Å². The Hall–Kier alpha value is 1.63. The minimum atomic E-state index is -0.171. The molecule has 0 saturated carbocycles. The molecule has 64 valence electrons. The van der Waals surface area contributed by atoms with E-state index in [2.05, 4.69) is 20.8 Å². The van der Waals surface area contributed by atoms with Gasteiger partial charge in [0, 0.05) is 0 Å². The van der Waals surface area contributed by atoms with E-state index < -0.39 is 0 Å². The molecule has 0 atom stereocenters. The molecule has 0 aliphatic heterocycles. The maximum Gasteiger partial charge on any atom is 2.00 e. The maximum atomic E-state index is 2.32. The van der Waals surface area contributed by atoms with E-state index in [-0.39, 0.29) is 56.0 Å². The van der Waals surface area contributed by atoms with Crippen LogP contribution in [0, 0.1) is 0 Å². The summed E-state index contributed by atoms with van der Waals surface area (Å²) in [5.74, 6) is 0. The van der Waals surface area contributed by atoms with Crippen molar-refractivity contribution in [1.82, 2.24) is 0 Å². The van der Waals surface area contributed by atoms with E-state index in [0.29, 0.717) is 0 Å². The number of rotatable bonds is 3. The van der Waals surface area contributed by atoms with Gasteiger partial charge in [-0.2, -0.15) is 0 Å². The van der Waals surface area contributed by atoms with Crippen LogP contribution >= 0.6 is 0 Å². The fourth-order valence-corrected chi connectivity index (χ4v) is 2.60. The van der Waals surface area contributed by atoms with Gasteiger partial charge < -0.3 is 24.8 Å². The molecule has 0 aromatic rings. The molecule has 0 bridgehead atoms. The monoisotopic (exact) mass is 240 g/mol. The summed E-state index contributed by atoms with van der Waals surface area (Å²) < 4.78 is 0. The molecular weight excluding hydrogens is 226 g/mol. The van der Waals surface area contributed by atoms with Crippen LogP contribution < -0.4 is 24.8 Å². The van der Waals surface area contributed by atoms with E-state index in [9.17, 15) is 0 Å². The van der Waals surface area contributed by atoms with Gasteiger partial charge in [-0.15, -0.1) is 0 Å². The van der Waals surface area contributed by atoms with Crippen LogP contribution in [0.5, 0.6) is 0 Å². The largest absolute Gasteiger partial charge is 2.00 e. The summed E-state index contributed by atoms with van der Waals surface area (Å²) in [6.07, 6.45) is 0. The van der Waals surface area contributed by atoms with Gasteiger partial charge >= 0.3 is 17.1 Å². The standard InChI is InChI=1S/3C2H5.Al.2ClH.Fe/c3*1-2;;;;/h3*1H2,2H3;;2*1H;/q;;;;;;+2/p-2. The Balaban J connectivity index is -0.0000000600. The molecule has 0 amide bonds. The average Bonchev–Trinajstić information content (AvgIpc) is 1.72. The molecule has 0 aliphatic rings. The van der Waals surface area contributed by atoms with Crippen molar-refractivity contribution in [2.24, 2.45) is 0 Å². The normalized spacial score (nSPS) is 6.30. The molecule has 10 heavy (non-hydrogen) atoms. The summed E-state index contributed by atoms with van der Waals surface area (Å²) in [6, 6.07) is 0. The molecule has 0 rings (SSSR count). The number of hydrogen-bond donors (Lipinski definition) is 0. The fraction of sp³-hybridized carbons (Fsp3) is 1.00. The molecule has 0 aliphatic carbocycles. The summed E-state index contributed by atoms with van der Waals surface area (Å²) in [7, 11) is 0. The van der Waals surface area contributed by atoms with Gasteiger partial charge in [-0.3, -0.25) is 0 Å². The molecule has 0 heterocycles. The summed E-state index contributed by atoms with van der Waals surface area (Å²) in [5.41, 5.74) is 0. The third-order valence-corrected chi connectivity index (χ3v) is 5.20. The third kappa shape index (κ3) is 12.3. The zero-order valence-electron chi connectivity index (χ0n) is 6.81. The van der Waals surface area contributed by atoms with Crippen molar-refractivity contribution < 1.29 is 41.9 Å². The second kappa shape index (κ2) is 16.9. The van der Waals surface area contributed by atoms with Gasteiger partial charge in [-0.25, -0.2) is 0 Å². The Morgan fingerprint density at radius 2 is 1.00 bits per heavy atom. The van der Waals surface area contributed by atoms with E-state index in [1.54, 1.807) is 0 Å². The third-order valence-electron chi connectivity index (χ3n) is 1.73. The smallest absolute Gasteiger partial charge is 1.00 e. The van der Waals surface area contributed by atoms with Crippen molar-refractivity contribution in [2.75, 3.05) is 0 Å². The molecule has 0 saturated heterocycles. The van der Waals surface area contributed by atoms with Gasteiger partial charge in [0.1, 0.15) is 0 Å². The Morgan fingerprint density at radius 3 is 1.00 bits per heavy atom. The molecule has 0 spiro atoms. The van der Waals surface area contributed by atoms with E-state index in [4.69, 9.17) is 0 Å². The van der Waals surface area contributed by atoms with E-state index in [0.717, 1.165) is 0 Å². The van der Waals surface area contributed by atoms with Gasteiger partial charge in [0.25, 0.3) is 14.1 Å². The van der Waals surface area contributed by atoms with E-state index >= 15 is 0 Å². The minimum Gasteiger partial charge on any atom is -1.00 e. The van der Waals surface area contributed by atoms with Crippen molar-refractivity contribution in [2.45, 2.75) is 36.6 Å². The average molecular weight is 241 g/mol. The SMILES string of the molecule is C[CH2][Al]([CH2]C)[CH2]C.[Cl-].[Cl-].[Fe+2]. The van der Waals surface area contributed by atoms with Gasteiger partial charge in [0.2, 0.25) is 0 Å². The van der Waals surface area contributed by atoms with Crippen molar-refractivity contribution in [3.05, 3.63) is 0 Å². The van der Waals surface area contributed by atoms with Crippen LogP contribution in [-0.4, -0.2) is 14.1 Å². The summed E-state index contributed by atoms with van der Waals surface area (Å²) in [5, 5.41) is 4.48. The molecule has 0 aromatic heterocycles. The Morgan fingerprint density at radius 1 is 0.800 bits per heavy atom. The van der Waals surface area contributed by atoms with Crippen molar-refractivity contribution in [1.29, 1.82) is 0 Å². The summed E-state index contributed by atoms with van der Waals surface area (Å²) >= 11 is -0.171. The molecule has 0 nitrogen and oxygen atoms in total. The quantitative estimate of drug-likeness (QED) is 0.451.